The maximum Gasteiger partial charge on any atom is 0.146 e. The Balaban J connectivity index is 2.04. The van der Waals surface area contributed by atoms with Crippen molar-refractivity contribution in [2.24, 2.45) is 5.73 Å². The standard InChI is InChI=1S/C15H15ClFN/c16-13-8-4-7-12(15(13)17)14(18)10-9-11-5-2-1-3-6-11/h1-8,14H,9-10,18H2. The first-order valence-electron chi connectivity index (χ1n) is 5.92. The second-order valence-electron chi connectivity index (χ2n) is 4.27. The van der Waals surface area contributed by atoms with Gasteiger partial charge in [-0.15, -0.1) is 0 Å². The second kappa shape index (κ2) is 5.98. The summed E-state index contributed by atoms with van der Waals surface area (Å²) in [6.45, 7) is 0. The van der Waals surface area contributed by atoms with E-state index in [1.807, 2.05) is 30.3 Å². The van der Waals surface area contributed by atoms with Crippen molar-refractivity contribution in [2.45, 2.75) is 18.9 Å². The smallest absolute Gasteiger partial charge is 0.146 e. The van der Waals surface area contributed by atoms with Crippen molar-refractivity contribution in [1.82, 2.24) is 0 Å². The highest BCUT2D eigenvalue weighted by Gasteiger charge is 2.13. The summed E-state index contributed by atoms with van der Waals surface area (Å²) in [5.74, 6) is -0.403. The highest BCUT2D eigenvalue weighted by Crippen LogP contribution is 2.24. The Bertz CT molecular complexity index is 513. The first-order valence-corrected chi connectivity index (χ1v) is 6.29. The molecule has 3 heteroatoms. The van der Waals surface area contributed by atoms with Crippen LogP contribution in [-0.2, 0) is 6.42 Å². The average Bonchev–Trinajstić information content (AvgIpc) is 2.40. The van der Waals surface area contributed by atoms with Crippen molar-refractivity contribution in [3.8, 4) is 0 Å². The van der Waals surface area contributed by atoms with E-state index < -0.39 is 5.82 Å². The number of nitrogens with two attached hydrogens (primary N) is 1. The zero-order chi connectivity index (χ0) is 13.0. The Morgan fingerprint density at radius 2 is 1.78 bits per heavy atom. The lowest BCUT2D eigenvalue weighted by molar-refractivity contribution is 0.564. The van der Waals surface area contributed by atoms with Crippen LogP contribution >= 0.6 is 11.6 Å². The van der Waals surface area contributed by atoms with Gasteiger partial charge in [0.2, 0.25) is 0 Å². The van der Waals surface area contributed by atoms with E-state index in [4.69, 9.17) is 17.3 Å². The fourth-order valence-corrected chi connectivity index (χ4v) is 2.11. The zero-order valence-electron chi connectivity index (χ0n) is 9.94. The molecule has 1 unspecified atom stereocenters. The molecule has 0 saturated heterocycles. The minimum absolute atomic E-state index is 0.127. The molecule has 2 rings (SSSR count). The molecule has 2 aromatic carbocycles. The number of benzene rings is 2. The molecule has 0 aliphatic heterocycles. The molecule has 0 aliphatic rings. The molecule has 0 bridgehead atoms. The molecule has 2 aromatic rings. The van der Waals surface area contributed by atoms with Gasteiger partial charge in [0.15, 0.2) is 0 Å². The molecular formula is C15H15ClFN. The monoisotopic (exact) mass is 263 g/mol. The van der Waals surface area contributed by atoms with Crippen molar-refractivity contribution >= 4 is 11.6 Å². The molecule has 1 nitrogen and oxygen atoms in total. The predicted molar refractivity (Wildman–Crippen MR) is 73.1 cm³/mol. The Labute approximate surface area is 111 Å². The van der Waals surface area contributed by atoms with Crippen LogP contribution in [0.4, 0.5) is 4.39 Å². The molecule has 2 N–H and O–H groups in total. The molecule has 0 radical (unpaired) electrons. The quantitative estimate of drug-likeness (QED) is 0.883. The highest BCUT2D eigenvalue weighted by atomic mass is 35.5. The van der Waals surface area contributed by atoms with Gasteiger partial charge in [-0.3, -0.25) is 0 Å². The van der Waals surface area contributed by atoms with Gasteiger partial charge in [0.25, 0.3) is 0 Å². The summed E-state index contributed by atoms with van der Waals surface area (Å²) >= 11 is 5.74. The molecular weight excluding hydrogens is 249 g/mol. The number of hydrogen-bond acceptors (Lipinski definition) is 1. The van der Waals surface area contributed by atoms with Crippen molar-refractivity contribution in [3.05, 3.63) is 70.5 Å². The Hall–Kier alpha value is -1.38. The second-order valence-corrected chi connectivity index (χ2v) is 4.68. The van der Waals surface area contributed by atoms with Crippen LogP contribution in [0, 0.1) is 5.82 Å². The van der Waals surface area contributed by atoms with Crippen LogP contribution in [0.25, 0.3) is 0 Å². The molecule has 94 valence electrons. The summed E-state index contributed by atoms with van der Waals surface area (Å²) in [6, 6.07) is 14.7. The van der Waals surface area contributed by atoms with Gasteiger partial charge in [-0.05, 0) is 24.5 Å². The number of halogens is 2. The predicted octanol–water partition coefficient (Wildman–Crippen LogP) is 4.11. The Morgan fingerprint density at radius 1 is 1.06 bits per heavy atom. The summed E-state index contributed by atoms with van der Waals surface area (Å²) < 4.78 is 13.8. The fraction of sp³-hybridized carbons (Fsp3) is 0.200. The molecule has 1 atom stereocenters. The van der Waals surface area contributed by atoms with Crippen LogP contribution in [0.1, 0.15) is 23.6 Å². The van der Waals surface area contributed by atoms with Crippen LogP contribution in [0.2, 0.25) is 5.02 Å². The molecule has 0 amide bonds. The SMILES string of the molecule is NC(CCc1ccccc1)c1cccc(Cl)c1F. The van der Waals surface area contributed by atoms with E-state index in [1.54, 1.807) is 12.1 Å². The summed E-state index contributed by atoms with van der Waals surface area (Å²) in [5.41, 5.74) is 7.70. The number of aryl methyl sites for hydroxylation is 1. The summed E-state index contributed by atoms with van der Waals surface area (Å²) in [4.78, 5) is 0. The molecule has 0 heterocycles. The van der Waals surface area contributed by atoms with E-state index in [0.29, 0.717) is 12.0 Å². The maximum atomic E-state index is 13.8. The van der Waals surface area contributed by atoms with E-state index in [2.05, 4.69) is 0 Å². The average molecular weight is 264 g/mol. The molecule has 0 saturated carbocycles. The normalized spacial score (nSPS) is 12.4. The lowest BCUT2D eigenvalue weighted by atomic mass is 9.99. The van der Waals surface area contributed by atoms with E-state index >= 15 is 0 Å². The lowest BCUT2D eigenvalue weighted by Gasteiger charge is -2.13. The lowest BCUT2D eigenvalue weighted by Crippen LogP contribution is -2.13. The Morgan fingerprint density at radius 3 is 2.50 bits per heavy atom. The van der Waals surface area contributed by atoms with Gasteiger partial charge >= 0.3 is 0 Å². The van der Waals surface area contributed by atoms with Gasteiger partial charge in [-0.25, -0.2) is 4.39 Å². The van der Waals surface area contributed by atoms with Gasteiger partial charge in [0.05, 0.1) is 5.02 Å². The van der Waals surface area contributed by atoms with Gasteiger partial charge in [-0.1, -0.05) is 54.1 Å². The first-order chi connectivity index (χ1) is 8.68. The van der Waals surface area contributed by atoms with Gasteiger partial charge in [-0.2, -0.15) is 0 Å². The Kier molecular flexibility index (Phi) is 4.34. The van der Waals surface area contributed by atoms with Crippen molar-refractivity contribution in [3.63, 3.8) is 0 Å². The van der Waals surface area contributed by atoms with Crippen LogP contribution < -0.4 is 5.73 Å². The zero-order valence-corrected chi connectivity index (χ0v) is 10.7. The summed E-state index contributed by atoms with van der Waals surface area (Å²) in [5, 5.41) is 0.127. The van der Waals surface area contributed by atoms with Gasteiger partial charge < -0.3 is 5.73 Å². The highest BCUT2D eigenvalue weighted by molar-refractivity contribution is 6.30. The fourth-order valence-electron chi connectivity index (χ4n) is 1.93. The van der Waals surface area contributed by atoms with Gasteiger partial charge in [0.1, 0.15) is 5.82 Å². The number of rotatable bonds is 4. The van der Waals surface area contributed by atoms with E-state index in [0.717, 1.165) is 6.42 Å². The first kappa shape index (κ1) is 13.1. The van der Waals surface area contributed by atoms with Crippen molar-refractivity contribution in [2.75, 3.05) is 0 Å². The minimum atomic E-state index is -0.403. The molecule has 0 aliphatic carbocycles. The van der Waals surface area contributed by atoms with Crippen LogP contribution in [0.15, 0.2) is 48.5 Å². The number of hydrogen-bond donors (Lipinski definition) is 1. The largest absolute Gasteiger partial charge is 0.324 e. The van der Waals surface area contributed by atoms with E-state index in [9.17, 15) is 4.39 Å². The third-order valence-corrected chi connectivity index (χ3v) is 3.26. The molecule has 0 aromatic heterocycles. The third kappa shape index (κ3) is 3.09. The van der Waals surface area contributed by atoms with Gasteiger partial charge in [0, 0.05) is 11.6 Å². The third-order valence-electron chi connectivity index (χ3n) is 2.97. The summed E-state index contributed by atoms with van der Waals surface area (Å²) in [7, 11) is 0. The van der Waals surface area contributed by atoms with Crippen molar-refractivity contribution in [1.29, 1.82) is 0 Å². The van der Waals surface area contributed by atoms with Crippen LogP contribution in [-0.4, -0.2) is 0 Å². The maximum absolute atomic E-state index is 13.8. The topological polar surface area (TPSA) is 26.0 Å². The summed E-state index contributed by atoms with van der Waals surface area (Å²) in [6.07, 6.45) is 1.52. The van der Waals surface area contributed by atoms with Crippen molar-refractivity contribution < 1.29 is 4.39 Å². The van der Waals surface area contributed by atoms with E-state index in [-0.39, 0.29) is 11.1 Å². The van der Waals surface area contributed by atoms with E-state index in [1.165, 1.54) is 11.6 Å². The van der Waals surface area contributed by atoms with Crippen LogP contribution in [0.5, 0.6) is 0 Å². The van der Waals surface area contributed by atoms with Crippen LogP contribution in [0.3, 0.4) is 0 Å². The molecule has 0 spiro atoms. The molecule has 18 heavy (non-hydrogen) atoms. The minimum Gasteiger partial charge on any atom is -0.324 e. The molecule has 0 fully saturated rings.